The van der Waals surface area contributed by atoms with Gasteiger partial charge in [0.25, 0.3) is 6.43 Å². The molecule has 0 aliphatic heterocycles. The molecule has 0 amide bonds. The van der Waals surface area contributed by atoms with E-state index < -0.39 is 18.1 Å². The lowest BCUT2D eigenvalue weighted by atomic mass is 10.0. The highest BCUT2D eigenvalue weighted by atomic mass is 19.3. The van der Waals surface area contributed by atoms with Crippen molar-refractivity contribution in [2.24, 2.45) is 5.92 Å². The van der Waals surface area contributed by atoms with Gasteiger partial charge in [-0.25, -0.2) is 8.78 Å². The average molecular weight is 269 g/mol. The molecule has 0 spiro atoms. The van der Waals surface area contributed by atoms with Crippen molar-refractivity contribution in [1.29, 1.82) is 0 Å². The molecular formula is C14H17F2NO2. The fraction of sp³-hybridized carbons (Fsp3) is 0.429. The van der Waals surface area contributed by atoms with E-state index in [-0.39, 0.29) is 6.42 Å². The van der Waals surface area contributed by atoms with Crippen LogP contribution in [0.25, 0.3) is 0 Å². The Balaban J connectivity index is 2.42. The molecule has 1 aromatic carbocycles. The number of alkyl halides is 2. The first-order valence-corrected chi connectivity index (χ1v) is 6.04. The topological polar surface area (TPSA) is 37.4 Å². The molecule has 0 saturated carbocycles. The van der Waals surface area contributed by atoms with Crippen LogP contribution >= 0.6 is 0 Å². The van der Waals surface area contributed by atoms with Crippen LogP contribution in [0.2, 0.25) is 0 Å². The predicted molar refractivity (Wildman–Crippen MR) is 68.0 cm³/mol. The zero-order valence-electron chi connectivity index (χ0n) is 10.8. The van der Waals surface area contributed by atoms with E-state index in [0.717, 1.165) is 5.56 Å². The van der Waals surface area contributed by atoms with Gasteiger partial charge in [-0.2, -0.15) is 0 Å². The first-order chi connectivity index (χ1) is 9.04. The minimum Gasteiger partial charge on any atom is -0.303 e. The third-order valence-corrected chi connectivity index (χ3v) is 2.86. The van der Waals surface area contributed by atoms with Crippen molar-refractivity contribution >= 4 is 12.1 Å². The molecule has 0 bridgehead atoms. The molecule has 0 heterocycles. The van der Waals surface area contributed by atoms with E-state index in [1.54, 1.807) is 0 Å². The Kier molecular flexibility index (Phi) is 6.29. The average Bonchev–Trinajstić information content (AvgIpc) is 2.40. The molecule has 0 aliphatic rings. The first kappa shape index (κ1) is 15.4. The number of aldehydes is 1. The van der Waals surface area contributed by atoms with Crippen LogP contribution in [0.1, 0.15) is 12.0 Å². The number of hydrogen-bond acceptors (Lipinski definition) is 3. The Morgan fingerprint density at radius 1 is 1.32 bits per heavy atom. The van der Waals surface area contributed by atoms with Gasteiger partial charge in [0.2, 0.25) is 5.78 Å². The summed E-state index contributed by atoms with van der Waals surface area (Å²) in [5.41, 5.74) is 1.09. The van der Waals surface area contributed by atoms with Crippen LogP contribution in [-0.4, -0.2) is 37.0 Å². The van der Waals surface area contributed by atoms with Gasteiger partial charge in [0.05, 0.1) is 5.92 Å². The molecule has 3 nitrogen and oxygen atoms in total. The Labute approximate surface area is 111 Å². The third-order valence-electron chi connectivity index (χ3n) is 2.86. The second-order valence-electron chi connectivity index (χ2n) is 4.46. The van der Waals surface area contributed by atoms with E-state index in [2.05, 4.69) is 0 Å². The molecule has 0 saturated heterocycles. The zero-order valence-corrected chi connectivity index (χ0v) is 10.8. The van der Waals surface area contributed by atoms with Gasteiger partial charge in [-0.3, -0.25) is 4.79 Å². The summed E-state index contributed by atoms with van der Waals surface area (Å²) in [5, 5.41) is 0. The summed E-state index contributed by atoms with van der Waals surface area (Å²) >= 11 is 0. The third kappa shape index (κ3) is 5.26. The van der Waals surface area contributed by atoms with Crippen LogP contribution in [0, 0.1) is 5.92 Å². The summed E-state index contributed by atoms with van der Waals surface area (Å²) in [6.45, 7) is 1.06. The van der Waals surface area contributed by atoms with Crippen molar-refractivity contribution in [3.63, 3.8) is 0 Å². The normalized spacial score (nSPS) is 12.7. The quantitative estimate of drug-likeness (QED) is 0.536. The molecular weight excluding hydrogens is 252 g/mol. The fourth-order valence-corrected chi connectivity index (χ4v) is 1.77. The van der Waals surface area contributed by atoms with Gasteiger partial charge in [0, 0.05) is 6.54 Å². The maximum atomic E-state index is 12.2. The van der Waals surface area contributed by atoms with Gasteiger partial charge >= 0.3 is 0 Å². The summed E-state index contributed by atoms with van der Waals surface area (Å²) in [6, 6.07) is 9.65. The van der Waals surface area contributed by atoms with Crippen LogP contribution in [-0.2, 0) is 16.1 Å². The molecule has 104 valence electrons. The largest absolute Gasteiger partial charge is 0.303 e. The molecule has 19 heavy (non-hydrogen) atoms. The minimum atomic E-state index is -3.07. The molecule has 0 radical (unpaired) electrons. The van der Waals surface area contributed by atoms with Crippen LogP contribution in [0.3, 0.4) is 0 Å². The number of nitrogens with zero attached hydrogens (tertiary/aromatic N) is 1. The molecule has 0 aliphatic carbocycles. The fourth-order valence-electron chi connectivity index (χ4n) is 1.77. The van der Waals surface area contributed by atoms with Crippen molar-refractivity contribution in [3.05, 3.63) is 35.9 Å². The number of carbonyl (C=O) groups is 2. The maximum absolute atomic E-state index is 12.2. The summed E-state index contributed by atoms with van der Waals surface area (Å²) < 4.78 is 24.4. The summed E-state index contributed by atoms with van der Waals surface area (Å²) in [6.07, 6.45) is -2.64. The lowest BCUT2D eigenvalue weighted by molar-refractivity contribution is -0.136. The first-order valence-electron chi connectivity index (χ1n) is 6.04. The minimum absolute atomic E-state index is 0.121. The highest BCUT2D eigenvalue weighted by molar-refractivity contribution is 5.95. The van der Waals surface area contributed by atoms with E-state index in [1.807, 2.05) is 42.3 Å². The van der Waals surface area contributed by atoms with Crippen molar-refractivity contribution in [2.45, 2.75) is 19.4 Å². The van der Waals surface area contributed by atoms with Crippen LogP contribution in [0.4, 0.5) is 8.78 Å². The summed E-state index contributed by atoms with van der Waals surface area (Å²) in [5.74, 6) is -2.50. The number of carbonyl (C=O) groups excluding carboxylic acids is 2. The summed E-state index contributed by atoms with van der Waals surface area (Å²) in [4.78, 5) is 23.6. The SMILES string of the molecule is CN(CCC(C=O)C(=O)C(F)F)Cc1ccccc1. The van der Waals surface area contributed by atoms with E-state index in [4.69, 9.17) is 0 Å². The molecule has 1 unspecified atom stereocenters. The van der Waals surface area contributed by atoms with Gasteiger partial charge in [-0.05, 0) is 25.6 Å². The monoisotopic (exact) mass is 269 g/mol. The number of halogens is 2. The maximum Gasteiger partial charge on any atom is 0.296 e. The number of rotatable bonds is 8. The van der Waals surface area contributed by atoms with Gasteiger partial charge in [-0.15, -0.1) is 0 Å². The van der Waals surface area contributed by atoms with E-state index in [9.17, 15) is 18.4 Å². The highest BCUT2D eigenvalue weighted by Crippen LogP contribution is 2.10. The second kappa shape index (κ2) is 7.74. The molecule has 5 heteroatoms. The lowest BCUT2D eigenvalue weighted by Crippen LogP contribution is -2.28. The van der Waals surface area contributed by atoms with Crippen LogP contribution < -0.4 is 0 Å². The van der Waals surface area contributed by atoms with E-state index >= 15 is 0 Å². The standard InChI is InChI=1S/C14H17F2NO2/c1-17(9-11-5-3-2-4-6-11)8-7-12(10-18)13(19)14(15)16/h2-6,10,12,14H,7-9H2,1H3. The van der Waals surface area contributed by atoms with Gasteiger partial charge < -0.3 is 9.69 Å². The molecule has 0 N–H and O–H groups in total. The Morgan fingerprint density at radius 3 is 2.47 bits per heavy atom. The van der Waals surface area contributed by atoms with Crippen LogP contribution in [0.15, 0.2) is 30.3 Å². The van der Waals surface area contributed by atoms with Crippen molar-refractivity contribution < 1.29 is 18.4 Å². The predicted octanol–water partition coefficient (Wildman–Crippen LogP) is 2.16. The highest BCUT2D eigenvalue weighted by Gasteiger charge is 2.26. The van der Waals surface area contributed by atoms with E-state index in [0.29, 0.717) is 19.4 Å². The number of benzene rings is 1. The van der Waals surface area contributed by atoms with Gasteiger partial charge in [0.15, 0.2) is 0 Å². The number of hydrogen-bond donors (Lipinski definition) is 0. The number of Topliss-reactive ketones (excluding diaryl/α,β-unsaturated/α-hetero) is 1. The van der Waals surface area contributed by atoms with Crippen molar-refractivity contribution in [2.75, 3.05) is 13.6 Å². The Hall–Kier alpha value is -1.62. The second-order valence-corrected chi connectivity index (χ2v) is 4.46. The van der Waals surface area contributed by atoms with E-state index in [1.165, 1.54) is 0 Å². The van der Waals surface area contributed by atoms with Gasteiger partial charge in [0.1, 0.15) is 6.29 Å². The lowest BCUT2D eigenvalue weighted by Gasteiger charge is -2.18. The van der Waals surface area contributed by atoms with Crippen LogP contribution in [0.5, 0.6) is 0 Å². The molecule has 1 rings (SSSR count). The molecule has 1 aromatic rings. The molecule has 1 atom stereocenters. The number of ketones is 1. The summed E-state index contributed by atoms with van der Waals surface area (Å²) in [7, 11) is 1.82. The Morgan fingerprint density at radius 2 is 1.95 bits per heavy atom. The Bertz CT molecular complexity index is 409. The zero-order chi connectivity index (χ0) is 14.3. The van der Waals surface area contributed by atoms with Gasteiger partial charge in [-0.1, -0.05) is 30.3 Å². The molecule has 0 aromatic heterocycles. The smallest absolute Gasteiger partial charge is 0.296 e. The van der Waals surface area contributed by atoms with Crippen molar-refractivity contribution in [1.82, 2.24) is 4.90 Å². The molecule has 0 fully saturated rings. The van der Waals surface area contributed by atoms with Crippen molar-refractivity contribution in [3.8, 4) is 0 Å².